The third-order valence-corrected chi connectivity index (χ3v) is 6.37. The largest absolute Gasteiger partial charge is 0.465 e. The highest BCUT2D eigenvalue weighted by molar-refractivity contribution is 5.84. The number of nitrogens with one attached hydrogen (secondary N) is 2. The van der Waals surface area contributed by atoms with Crippen molar-refractivity contribution in [3.63, 3.8) is 0 Å². The van der Waals surface area contributed by atoms with E-state index in [4.69, 9.17) is 15.3 Å². The first-order valence-corrected chi connectivity index (χ1v) is 11.5. The molecule has 5 unspecified atom stereocenters. The first kappa shape index (κ1) is 24.2. The summed E-state index contributed by atoms with van der Waals surface area (Å²) in [5.41, 5.74) is 3.54. The molecule has 1 saturated carbocycles. The van der Waals surface area contributed by atoms with Gasteiger partial charge in [-0.25, -0.2) is 0 Å². The Morgan fingerprint density at radius 1 is 1.00 bits per heavy atom. The van der Waals surface area contributed by atoms with Crippen LogP contribution in [0, 0.1) is 23.7 Å². The van der Waals surface area contributed by atoms with Crippen LogP contribution in [0.4, 0.5) is 0 Å². The van der Waals surface area contributed by atoms with E-state index in [1.165, 1.54) is 0 Å². The number of hydrogen-bond donors (Lipinski definition) is 3. The average Bonchev–Trinajstić information content (AvgIpc) is 2.80. The van der Waals surface area contributed by atoms with Gasteiger partial charge in [-0.1, -0.05) is 54.6 Å². The van der Waals surface area contributed by atoms with Crippen LogP contribution in [0.25, 0.3) is 0 Å². The minimum atomic E-state index is -0.390. The molecule has 174 valence electrons. The summed E-state index contributed by atoms with van der Waals surface area (Å²) in [6, 6.07) is 9.79. The Kier molecular flexibility index (Phi) is 9.46. The summed E-state index contributed by atoms with van der Waals surface area (Å²) < 4.78 is 11.3. The lowest BCUT2D eigenvalue weighted by Gasteiger charge is -2.52. The molecule has 2 aliphatic carbocycles. The number of ether oxygens (including phenoxy) is 2. The second-order valence-electron chi connectivity index (χ2n) is 8.38. The van der Waals surface area contributed by atoms with Crippen LogP contribution in [0.5, 0.6) is 0 Å². The zero-order valence-corrected chi connectivity index (χ0v) is 18.7. The van der Waals surface area contributed by atoms with Crippen molar-refractivity contribution in [3.8, 4) is 0 Å². The molecule has 4 N–H and O–H groups in total. The lowest BCUT2D eigenvalue weighted by Crippen LogP contribution is -2.56. The first-order chi connectivity index (χ1) is 15.7. The van der Waals surface area contributed by atoms with Gasteiger partial charge in [-0.3, -0.25) is 20.9 Å². The van der Waals surface area contributed by atoms with Crippen LogP contribution in [0.1, 0.15) is 30.7 Å². The van der Waals surface area contributed by atoms with E-state index in [0.29, 0.717) is 26.2 Å². The molecular formula is C25H35N3O4. The number of hydrazine groups is 1. The van der Waals surface area contributed by atoms with Gasteiger partial charge in [0.15, 0.2) is 0 Å². The first-order valence-electron chi connectivity index (χ1n) is 11.5. The molecule has 7 heteroatoms. The number of hydrogen-bond acceptors (Lipinski definition) is 7. The smallest absolute Gasteiger partial charge is 0.309 e. The predicted molar refractivity (Wildman–Crippen MR) is 123 cm³/mol. The van der Waals surface area contributed by atoms with E-state index < -0.39 is 0 Å². The van der Waals surface area contributed by atoms with Crippen LogP contribution in [0.15, 0.2) is 54.6 Å². The number of esters is 2. The Morgan fingerprint density at radius 3 is 2.22 bits per heavy atom. The second kappa shape index (κ2) is 12.5. The molecule has 0 radical (unpaired) electrons. The third-order valence-electron chi connectivity index (χ3n) is 6.37. The predicted octanol–water partition coefficient (Wildman–Crippen LogP) is 2.31. The molecule has 0 aliphatic heterocycles. The van der Waals surface area contributed by atoms with Gasteiger partial charge in [0.2, 0.25) is 0 Å². The highest BCUT2D eigenvalue weighted by atomic mass is 16.5. The van der Waals surface area contributed by atoms with E-state index >= 15 is 0 Å². The Bertz CT molecular complexity index is 764. The van der Waals surface area contributed by atoms with E-state index in [1.807, 2.05) is 49.5 Å². The fraction of sp³-hybridized carbons (Fsp3) is 0.520. The van der Waals surface area contributed by atoms with Crippen LogP contribution in [-0.2, 0) is 19.1 Å². The fourth-order valence-corrected chi connectivity index (χ4v) is 4.86. The van der Waals surface area contributed by atoms with Crippen molar-refractivity contribution in [1.29, 1.82) is 0 Å². The molecule has 3 rings (SSSR count). The Labute approximate surface area is 190 Å². The summed E-state index contributed by atoms with van der Waals surface area (Å²) in [6.07, 6.45) is 10.4. The van der Waals surface area contributed by atoms with Crippen LogP contribution in [-0.4, -0.2) is 45.3 Å². The van der Waals surface area contributed by atoms with Crippen molar-refractivity contribution in [2.24, 2.45) is 29.5 Å². The number of carbonyl (C=O) groups excluding carboxylic acids is 2. The quantitative estimate of drug-likeness (QED) is 0.198. The topological polar surface area (TPSA) is 103 Å². The molecule has 0 bridgehead atoms. The maximum atomic E-state index is 13.2. The van der Waals surface area contributed by atoms with Crippen LogP contribution in [0.2, 0.25) is 0 Å². The molecule has 5 atom stereocenters. The van der Waals surface area contributed by atoms with Crippen molar-refractivity contribution < 1.29 is 19.1 Å². The summed E-state index contributed by atoms with van der Waals surface area (Å²) in [5, 5.41) is 3.06. The van der Waals surface area contributed by atoms with Crippen LogP contribution in [0.3, 0.4) is 0 Å². The number of nitrogens with two attached hydrogens (primary N) is 1. The van der Waals surface area contributed by atoms with Gasteiger partial charge in [0.05, 0.1) is 25.0 Å². The molecule has 1 aromatic carbocycles. The maximum absolute atomic E-state index is 13.2. The van der Waals surface area contributed by atoms with Gasteiger partial charge >= 0.3 is 11.9 Å². The van der Waals surface area contributed by atoms with Crippen LogP contribution >= 0.6 is 0 Å². The maximum Gasteiger partial charge on any atom is 0.309 e. The number of benzene rings is 1. The SMILES string of the molecule is CNCCCOC(=O)C1C(c2ccccc2)C(C(=O)OCCCNN)C1C1C=CC=CC1. The normalized spacial score (nSPS) is 26.4. The summed E-state index contributed by atoms with van der Waals surface area (Å²) in [6.45, 7) is 2.02. The zero-order chi connectivity index (χ0) is 22.8. The van der Waals surface area contributed by atoms with E-state index in [1.54, 1.807) is 0 Å². The average molecular weight is 442 g/mol. The molecule has 0 saturated heterocycles. The van der Waals surface area contributed by atoms with Crippen molar-refractivity contribution in [2.75, 3.05) is 33.4 Å². The summed E-state index contributed by atoms with van der Waals surface area (Å²) in [5.74, 6) is 3.76. The Balaban J connectivity index is 1.83. The van der Waals surface area contributed by atoms with E-state index in [-0.39, 0.29) is 41.5 Å². The second-order valence-corrected chi connectivity index (χ2v) is 8.38. The van der Waals surface area contributed by atoms with Crippen molar-refractivity contribution in [2.45, 2.75) is 25.2 Å². The van der Waals surface area contributed by atoms with Gasteiger partial charge in [-0.2, -0.15) is 0 Å². The molecule has 0 spiro atoms. The van der Waals surface area contributed by atoms with Gasteiger partial charge in [0.1, 0.15) is 0 Å². The van der Waals surface area contributed by atoms with E-state index in [2.05, 4.69) is 22.9 Å². The van der Waals surface area contributed by atoms with Crippen molar-refractivity contribution in [3.05, 3.63) is 60.2 Å². The lowest BCUT2D eigenvalue weighted by molar-refractivity contribution is -0.175. The van der Waals surface area contributed by atoms with Crippen molar-refractivity contribution in [1.82, 2.24) is 10.7 Å². The highest BCUT2D eigenvalue weighted by Gasteiger charge is 2.60. The lowest BCUT2D eigenvalue weighted by atomic mass is 9.50. The van der Waals surface area contributed by atoms with Crippen LogP contribution < -0.4 is 16.6 Å². The minimum absolute atomic E-state index is 0.0954. The van der Waals surface area contributed by atoms with Gasteiger partial charge in [-0.05, 0) is 50.3 Å². The molecule has 2 aliphatic rings. The number of rotatable bonds is 12. The monoisotopic (exact) mass is 441 g/mol. The molecular weight excluding hydrogens is 406 g/mol. The van der Waals surface area contributed by atoms with Gasteiger partial charge < -0.3 is 14.8 Å². The highest BCUT2D eigenvalue weighted by Crippen LogP contribution is 2.57. The molecule has 0 aromatic heterocycles. The summed E-state index contributed by atoms with van der Waals surface area (Å²) >= 11 is 0. The number of allylic oxidation sites excluding steroid dienone is 4. The minimum Gasteiger partial charge on any atom is -0.465 e. The van der Waals surface area contributed by atoms with Gasteiger partial charge in [0, 0.05) is 12.5 Å². The van der Waals surface area contributed by atoms with Gasteiger partial charge in [0.25, 0.3) is 0 Å². The zero-order valence-electron chi connectivity index (χ0n) is 18.7. The third kappa shape index (κ3) is 5.85. The number of carbonyl (C=O) groups is 2. The Morgan fingerprint density at radius 2 is 1.66 bits per heavy atom. The standard InChI is InChI=1S/C25H35N3O4/c1-27-14-8-16-31-24(29)22-20(18-10-4-2-5-11-18)23(25(30)32-17-9-15-28-26)21(22)19-12-6-3-7-13-19/h2-7,10-12,19-23,27-28H,8-9,13-17,26H2,1H3. The summed E-state index contributed by atoms with van der Waals surface area (Å²) in [7, 11) is 1.87. The molecule has 1 aromatic rings. The molecule has 1 fully saturated rings. The molecule has 0 heterocycles. The van der Waals surface area contributed by atoms with Gasteiger partial charge in [-0.15, -0.1) is 0 Å². The summed E-state index contributed by atoms with van der Waals surface area (Å²) in [4.78, 5) is 26.4. The van der Waals surface area contributed by atoms with Crippen molar-refractivity contribution >= 4 is 11.9 Å². The van der Waals surface area contributed by atoms with E-state index in [0.717, 1.165) is 24.9 Å². The van der Waals surface area contributed by atoms with E-state index in [9.17, 15) is 9.59 Å². The Hall–Kier alpha value is -2.48. The molecule has 7 nitrogen and oxygen atoms in total. The fourth-order valence-electron chi connectivity index (χ4n) is 4.86. The molecule has 32 heavy (non-hydrogen) atoms. The molecule has 0 amide bonds.